The smallest absolute Gasteiger partial charge is 0.264 e. The minimum Gasteiger partial charge on any atom is -0.357 e. The van der Waals surface area contributed by atoms with Crippen molar-refractivity contribution in [2.75, 3.05) is 17.9 Å². The molecule has 1 unspecified atom stereocenters. The summed E-state index contributed by atoms with van der Waals surface area (Å²) in [5.41, 5.74) is 2.06. The van der Waals surface area contributed by atoms with Crippen LogP contribution in [0.15, 0.2) is 83.8 Å². The lowest BCUT2D eigenvalue weighted by Gasteiger charge is -2.33. The van der Waals surface area contributed by atoms with Gasteiger partial charge in [0.1, 0.15) is 12.6 Å². The van der Waals surface area contributed by atoms with E-state index in [0.717, 1.165) is 9.87 Å². The first-order valence-corrected chi connectivity index (χ1v) is 14.3. The van der Waals surface area contributed by atoms with Crippen LogP contribution in [0, 0.1) is 0 Å². The summed E-state index contributed by atoms with van der Waals surface area (Å²) in [6, 6.07) is 21.4. The highest BCUT2D eigenvalue weighted by Crippen LogP contribution is 2.27. The second-order valence-electron chi connectivity index (χ2n) is 9.22. The Hall–Kier alpha value is -3.36. The number of halogens is 1. The van der Waals surface area contributed by atoms with Crippen LogP contribution in [0.25, 0.3) is 0 Å². The highest BCUT2D eigenvalue weighted by Gasteiger charge is 2.33. The summed E-state index contributed by atoms with van der Waals surface area (Å²) in [6.07, 6.45) is 0.338. The van der Waals surface area contributed by atoms with E-state index >= 15 is 0 Å². The van der Waals surface area contributed by atoms with Gasteiger partial charge in [0, 0.05) is 18.6 Å². The van der Waals surface area contributed by atoms with Crippen LogP contribution in [0.1, 0.15) is 44.2 Å². The molecule has 0 aliphatic carbocycles. The lowest BCUT2D eigenvalue weighted by Crippen LogP contribution is -2.51. The maximum Gasteiger partial charge on any atom is 0.264 e. The molecule has 3 aromatic carbocycles. The van der Waals surface area contributed by atoms with Crippen molar-refractivity contribution in [2.24, 2.45) is 0 Å². The Balaban J connectivity index is 2.07. The number of nitrogens with zero attached hydrogens (tertiary/aromatic N) is 2. The van der Waals surface area contributed by atoms with Crippen LogP contribution in [0.2, 0.25) is 5.02 Å². The number of hydrogen-bond acceptors (Lipinski definition) is 4. The fraction of sp³-hybridized carbons (Fsp3) is 0.310. The van der Waals surface area contributed by atoms with Gasteiger partial charge < -0.3 is 10.2 Å². The summed E-state index contributed by atoms with van der Waals surface area (Å²) < 4.78 is 28.7. The van der Waals surface area contributed by atoms with E-state index in [2.05, 4.69) is 5.32 Å². The monoisotopic (exact) mass is 555 g/mol. The summed E-state index contributed by atoms with van der Waals surface area (Å²) in [4.78, 5) is 28.1. The average Bonchev–Trinajstić information content (AvgIpc) is 2.92. The summed E-state index contributed by atoms with van der Waals surface area (Å²) in [5, 5.41) is 3.07. The molecule has 0 bridgehead atoms. The maximum atomic E-state index is 13.9. The molecule has 0 saturated heterocycles. The number of amides is 2. The van der Waals surface area contributed by atoms with E-state index in [4.69, 9.17) is 11.6 Å². The maximum absolute atomic E-state index is 13.9. The molecule has 2 amide bonds. The van der Waals surface area contributed by atoms with Gasteiger partial charge >= 0.3 is 0 Å². The third-order valence-corrected chi connectivity index (χ3v) is 8.55. The number of hydrogen-bond donors (Lipinski definition) is 1. The van der Waals surface area contributed by atoms with Crippen LogP contribution in [-0.2, 0) is 26.2 Å². The van der Waals surface area contributed by atoms with Crippen LogP contribution in [-0.4, -0.2) is 44.8 Å². The fourth-order valence-corrected chi connectivity index (χ4v) is 5.80. The lowest BCUT2D eigenvalue weighted by atomic mass is 10.0. The minimum absolute atomic E-state index is 0.0515. The second kappa shape index (κ2) is 12.9. The number of sulfonamides is 1. The van der Waals surface area contributed by atoms with Crippen molar-refractivity contribution in [3.8, 4) is 0 Å². The van der Waals surface area contributed by atoms with Crippen molar-refractivity contribution >= 4 is 39.1 Å². The van der Waals surface area contributed by atoms with Crippen LogP contribution in [0.5, 0.6) is 0 Å². The van der Waals surface area contributed by atoms with E-state index in [0.29, 0.717) is 22.7 Å². The average molecular weight is 556 g/mol. The van der Waals surface area contributed by atoms with E-state index in [1.165, 1.54) is 24.1 Å². The van der Waals surface area contributed by atoms with E-state index in [1.54, 1.807) is 61.5 Å². The molecule has 0 fully saturated rings. The van der Waals surface area contributed by atoms with Crippen LogP contribution in [0.4, 0.5) is 5.69 Å². The van der Waals surface area contributed by atoms with Gasteiger partial charge in [-0.3, -0.25) is 13.9 Å². The van der Waals surface area contributed by atoms with Gasteiger partial charge in [0.15, 0.2) is 0 Å². The summed E-state index contributed by atoms with van der Waals surface area (Å²) >= 11 is 6.38. The topological polar surface area (TPSA) is 86.8 Å². The lowest BCUT2D eigenvalue weighted by molar-refractivity contribution is -0.140. The zero-order valence-corrected chi connectivity index (χ0v) is 23.7. The van der Waals surface area contributed by atoms with Crippen molar-refractivity contribution in [1.82, 2.24) is 10.2 Å². The van der Waals surface area contributed by atoms with Gasteiger partial charge in [-0.2, -0.15) is 0 Å². The predicted octanol–water partition coefficient (Wildman–Crippen LogP) is 5.21. The van der Waals surface area contributed by atoms with Gasteiger partial charge in [-0.05, 0) is 53.8 Å². The first kappa shape index (κ1) is 29.2. The molecule has 0 aliphatic heterocycles. The summed E-state index contributed by atoms with van der Waals surface area (Å²) in [5.74, 6) is -0.603. The molecule has 0 heterocycles. The molecule has 38 heavy (non-hydrogen) atoms. The molecule has 1 N–H and O–H groups in total. The molecular formula is C29H34ClN3O4S. The molecule has 202 valence electrons. The van der Waals surface area contributed by atoms with Crippen molar-refractivity contribution in [3.05, 3.63) is 95.0 Å². The minimum atomic E-state index is -4.10. The number of anilines is 1. The third kappa shape index (κ3) is 6.74. The Morgan fingerprint density at radius 2 is 1.53 bits per heavy atom. The van der Waals surface area contributed by atoms with Crippen LogP contribution >= 0.6 is 11.6 Å². The zero-order chi connectivity index (χ0) is 27.9. The zero-order valence-electron chi connectivity index (χ0n) is 22.1. The van der Waals surface area contributed by atoms with E-state index in [9.17, 15) is 18.0 Å². The van der Waals surface area contributed by atoms with Crippen molar-refractivity contribution in [3.63, 3.8) is 0 Å². The number of nitrogens with one attached hydrogen (secondary N) is 1. The van der Waals surface area contributed by atoms with Gasteiger partial charge in [0.25, 0.3) is 10.0 Å². The standard InChI is InChI=1S/C29H34ClN3O4S/c1-5-27(29(35)31-4)32(19-23-11-9-10-14-26(23)30)28(34)20-33(24-17-15-22(16-18-24)21(2)3)38(36,37)25-12-7-6-8-13-25/h6-18,21,27H,5,19-20H2,1-4H3,(H,31,35). The van der Waals surface area contributed by atoms with Gasteiger partial charge in [-0.25, -0.2) is 8.42 Å². The van der Waals surface area contributed by atoms with Gasteiger partial charge in [-0.1, -0.05) is 80.9 Å². The van der Waals surface area contributed by atoms with Crippen molar-refractivity contribution in [2.45, 2.75) is 50.6 Å². The predicted molar refractivity (Wildman–Crippen MR) is 152 cm³/mol. The fourth-order valence-electron chi connectivity index (χ4n) is 4.17. The number of benzene rings is 3. The molecule has 3 rings (SSSR count). The number of carbonyl (C=O) groups is 2. The summed E-state index contributed by atoms with van der Waals surface area (Å²) in [7, 11) is -2.59. The van der Waals surface area contributed by atoms with Crippen molar-refractivity contribution < 1.29 is 18.0 Å². The first-order valence-electron chi connectivity index (χ1n) is 12.5. The molecule has 0 aliphatic rings. The Labute approximate surface area is 230 Å². The quantitative estimate of drug-likeness (QED) is 0.352. The molecule has 0 spiro atoms. The molecule has 7 nitrogen and oxygen atoms in total. The number of likely N-dealkylation sites (N-methyl/N-ethyl adjacent to an activating group) is 1. The van der Waals surface area contributed by atoms with E-state index < -0.39 is 28.5 Å². The Kier molecular flexibility index (Phi) is 9.94. The van der Waals surface area contributed by atoms with Crippen LogP contribution < -0.4 is 9.62 Å². The molecule has 1 atom stereocenters. The molecule has 0 saturated carbocycles. The van der Waals surface area contributed by atoms with E-state index in [-0.39, 0.29) is 23.3 Å². The molecule has 0 radical (unpaired) electrons. The highest BCUT2D eigenvalue weighted by atomic mass is 35.5. The van der Waals surface area contributed by atoms with Crippen LogP contribution in [0.3, 0.4) is 0 Å². The number of rotatable bonds is 11. The Bertz CT molecular complexity index is 1350. The van der Waals surface area contributed by atoms with Gasteiger partial charge in [0.2, 0.25) is 11.8 Å². The van der Waals surface area contributed by atoms with E-state index in [1.807, 2.05) is 26.0 Å². The third-order valence-electron chi connectivity index (χ3n) is 6.39. The Morgan fingerprint density at radius 1 is 0.921 bits per heavy atom. The highest BCUT2D eigenvalue weighted by molar-refractivity contribution is 7.92. The Morgan fingerprint density at radius 3 is 2.08 bits per heavy atom. The molecule has 9 heteroatoms. The normalized spacial score (nSPS) is 12.2. The molecular weight excluding hydrogens is 522 g/mol. The first-order chi connectivity index (χ1) is 18.1. The van der Waals surface area contributed by atoms with Gasteiger partial charge in [-0.15, -0.1) is 0 Å². The largest absolute Gasteiger partial charge is 0.357 e. The SMILES string of the molecule is CCC(C(=O)NC)N(Cc1ccccc1Cl)C(=O)CN(c1ccc(C(C)C)cc1)S(=O)(=O)c1ccccc1. The second-order valence-corrected chi connectivity index (χ2v) is 11.5. The summed E-state index contributed by atoms with van der Waals surface area (Å²) in [6.45, 7) is 5.46. The molecule has 3 aromatic rings. The van der Waals surface area contributed by atoms with Crippen molar-refractivity contribution in [1.29, 1.82) is 0 Å². The number of carbonyl (C=O) groups excluding carboxylic acids is 2. The van der Waals surface area contributed by atoms with Gasteiger partial charge in [0.05, 0.1) is 10.6 Å². The molecule has 0 aromatic heterocycles.